The van der Waals surface area contributed by atoms with Crippen molar-refractivity contribution in [3.8, 4) is 12.3 Å². The number of aliphatic hydroxyl groups is 3. The fraction of sp³-hybridized carbons (Fsp3) is 0.762. The van der Waals surface area contributed by atoms with Crippen molar-refractivity contribution in [2.45, 2.75) is 63.8 Å². The second-order valence-electron chi connectivity index (χ2n) is 9.16. The van der Waals surface area contributed by atoms with Gasteiger partial charge in [0, 0.05) is 18.3 Å². The molecule has 25 heavy (non-hydrogen) atoms. The lowest BCUT2D eigenvalue weighted by atomic mass is 9.47. The Bertz CT molecular complexity index is 676. The summed E-state index contributed by atoms with van der Waals surface area (Å²) >= 11 is 0. The number of terminal acetylenes is 1. The number of fused-ring (bicyclic) bond motifs is 5. The van der Waals surface area contributed by atoms with Crippen LogP contribution in [0.5, 0.6) is 0 Å². The van der Waals surface area contributed by atoms with Crippen molar-refractivity contribution in [3.63, 3.8) is 0 Å². The molecular formula is C21H28O4. The van der Waals surface area contributed by atoms with Crippen LogP contribution in [0.3, 0.4) is 0 Å². The number of rotatable bonds is 0. The lowest BCUT2D eigenvalue weighted by Gasteiger charge is -2.58. The van der Waals surface area contributed by atoms with Gasteiger partial charge in [-0.2, -0.15) is 0 Å². The molecule has 0 heterocycles. The zero-order valence-electron chi connectivity index (χ0n) is 15.0. The Morgan fingerprint density at radius 3 is 2.64 bits per heavy atom. The molecule has 0 amide bonds. The fourth-order valence-corrected chi connectivity index (χ4v) is 6.94. The van der Waals surface area contributed by atoms with Crippen LogP contribution in [0.15, 0.2) is 11.6 Å². The first kappa shape index (κ1) is 17.3. The Morgan fingerprint density at radius 2 is 1.96 bits per heavy atom. The lowest BCUT2D eigenvalue weighted by molar-refractivity contribution is -0.160. The van der Waals surface area contributed by atoms with Crippen LogP contribution in [0.25, 0.3) is 0 Å². The van der Waals surface area contributed by atoms with Gasteiger partial charge in [-0.15, -0.1) is 6.42 Å². The average molecular weight is 344 g/mol. The van der Waals surface area contributed by atoms with E-state index in [1.54, 1.807) is 6.08 Å². The number of carbonyl (C=O) groups is 1. The molecule has 3 fully saturated rings. The smallest absolute Gasteiger partial charge is 0.155 e. The molecule has 9 atom stereocenters. The molecule has 136 valence electrons. The predicted molar refractivity (Wildman–Crippen MR) is 93.2 cm³/mol. The van der Waals surface area contributed by atoms with Crippen LogP contribution in [0.2, 0.25) is 0 Å². The molecule has 0 aromatic carbocycles. The monoisotopic (exact) mass is 344 g/mol. The molecule has 3 N–H and O–H groups in total. The summed E-state index contributed by atoms with van der Waals surface area (Å²) in [6, 6.07) is 0. The normalized spacial score (nSPS) is 54.8. The minimum Gasteiger partial charge on any atom is -0.393 e. The van der Waals surface area contributed by atoms with E-state index in [1.807, 2.05) is 6.92 Å². The van der Waals surface area contributed by atoms with Crippen LogP contribution in [0.4, 0.5) is 0 Å². The maximum absolute atomic E-state index is 11.8. The van der Waals surface area contributed by atoms with E-state index in [9.17, 15) is 20.1 Å². The van der Waals surface area contributed by atoms with Gasteiger partial charge in [-0.25, -0.2) is 0 Å². The molecule has 0 radical (unpaired) electrons. The van der Waals surface area contributed by atoms with E-state index in [4.69, 9.17) is 6.42 Å². The molecule has 4 aliphatic carbocycles. The van der Waals surface area contributed by atoms with Gasteiger partial charge in [-0.1, -0.05) is 25.3 Å². The molecular weight excluding hydrogens is 316 g/mol. The molecule has 0 saturated heterocycles. The maximum Gasteiger partial charge on any atom is 0.155 e. The topological polar surface area (TPSA) is 77.8 Å². The zero-order chi connectivity index (χ0) is 18.1. The van der Waals surface area contributed by atoms with Gasteiger partial charge in [0.05, 0.1) is 12.2 Å². The van der Waals surface area contributed by atoms with E-state index in [2.05, 4.69) is 12.8 Å². The molecule has 1 unspecified atom stereocenters. The summed E-state index contributed by atoms with van der Waals surface area (Å²) in [6.45, 7) is 4.09. The highest BCUT2D eigenvalue weighted by molar-refractivity contribution is 5.91. The van der Waals surface area contributed by atoms with Gasteiger partial charge in [0.1, 0.15) is 5.60 Å². The quantitative estimate of drug-likeness (QED) is 0.584. The predicted octanol–water partition coefficient (Wildman–Crippen LogP) is 1.68. The first-order valence-corrected chi connectivity index (χ1v) is 9.51. The van der Waals surface area contributed by atoms with Gasteiger partial charge >= 0.3 is 0 Å². The van der Waals surface area contributed by atoms with Gasteiger partial charge in [0.2, 0.25) is 0 Å². The molecule has 0 bridgehead atoms. The molecule has 4 nitrogen and oxygen atoms in total. The highest BCUT2D eigenvalue weighted by Gasteiger charge is 2.68. The average Bonchev–Trinajstić information content (AvgIpc) is 2.73. The molecule has 4 rings (SSSR count). The van der Waals surface area contributed by atoms with Crippen molar-refractivity contribution in [1.29, 1.82) is 0 Å². The van der Waals surface area contributed by atoms with Crippen LogP contribution >= 0.6 is 0 Å². The van der Waals surface area contributed by atoms with Crippen LogP contribution < -0.4 is 0 Å². The second-order valence-corrected chi connectivity index (χ2v) is 9.16. The van der Waals surface area contributed by atoms with Crippen LogP contribution in [-0.2, 0) is 4.79 Å². The van der Waals surface area contributed by atoms with E-state index < -0.39 is 23.2 Å². The van der Waals surface area contributed by atoms with E-state index in [0.29, 0.717) is 12.8 Å². The summed E-state index contributed by atoms with van der Waals surface area (Å²) in [5.74, 6) is 3.21. The van der Waals surface area contributed by atoms with Crippen LogP contribution in [-0.4, -0.2) is 38.9 Å². The van der Waals surface area contributed by atoms with Crippen LogP contribution in [0.1, 0.15) is 46.0 Å². The van der Waals surface area contributed by atoms with E-state index in [0.717, 1.165) is 12.8 Å². The molecule has 4 aliphatic rings. The van der Waals surface area contributed by atoms with Crippen molar-refractivity contribution in [2.24, 2.45) is 35.0 Å². The van der Waals surface area contributed by atoms with Crippen molar-refractivity contribution in [3.05, 3.63) is 11.6 Å². The van der Waals surface area contributed by atoms with E-state index in [1.165, 1.54) is 5.57 Å². The summed E-state index contributed by atoms with van der Waals surface area (Å²) in [7, 11) is 0. The molecule has 3 saturated carbocycles. The lowest BCUT2D eigenvalue weighted by Crippen LogP contribution is -2.59. The third kappa shape index (κ3) is 2.16. The van der Waals surface area contributed by atoms with E-state index >= 15 is 0 Å². The summed E-state index contributed by atoms with van der Waals surface area (Å²) in [5, 5.41) is 32.9. The SMILES string of the molecule is C#C[C@]1(O)C[C@@H](O)[C@H]2[C@H]3[C@@H](C4CCC(=O)C=C4C[C@H]3C)[C@H](O)C[C@@]21C. The Kier molecular flexibility index (Phi) is 3.75. The minimum atomic E-state index is -1.37. The summed E-state index contributed by atoms with van der Waals surface area (Å²) in [4.78, 5) is 11.8. The number of ketones is 1. The Morgan fingerprint density at radius 1 is 1.24 bits per heavy atom. The first-order chi connectivity index (χ1) is 11.7. The Hall–Kier alpha value is -1.15. The summed E-state index contributed by atoms with van der Waals surface area (Å²) in [5.41, 5.74) is -0.879. The van der Waals surface area contributed by atoms with Crippen LogP contribution in [0, 0.1) is 47.3 Å². The van der Waals surface area contributed by atoms with Crippen molar-refractivity contribution in [1.82, 2.24) is 0 Å². The first-order valence-electron chi connectivity index (χ1n) is 9.51. The van der Waals surface area contributed by atoms with Gasteiger partial charge in [-0.3, -0.25) is 4.79 Å². The Balaban J connectivity index is 1.79. The Labute approximate surface area is 149 Å². The number of carbonyl (C=O) groups excluding carboxylic acids is 1. The second kappa shape index (κ2) is 5.42. The fourth-order valence-electron chi connectivity index (χ4n) is 6.94. The number of allylic oxidation sites excluding steroid dienone is 1. The highest BCUT2D eigenvalue weighted by Crippen LogP contribution is 2.65. The van der Waals surface area contributed by atoms with Gasteiger partial charge in [0.15, 0.2) is 5.78 Å². The summed E-state index contributed by atoms with van der Waals surface area (Å²) < 4.78 is 0. The maximum atomic E-state index is 11.8. The third-order valence-electron chi connectivity index (χ3n) is 7.98. The molecule has 0 aromatic rings. The standard InChI is InChI=1S/C21H28O4/c1-4-21(25)10-16(24)19-17-11(2)7-12-8-13(22)5-6-14(12)18(17)15(23)9-20(19,21)3/h1,8,11,14-19,23-25H,5-7,9-10H2,2-3H3/t11-,14?,15-,16-,17-,18+,19+,20+,21+/m1/s1. The van der Waals surface area contributed by atoms with Crippen molar-refractivity contribution < 1.29 is 20.1 Å². The van der Waals surface area contributed by atoms with Gasteiger partial charge in [-0.05, 0) is 54.9 Å². The van der Waals surface area contributed by atoms with E-state index in [-0.39, 0.29) is 41.8 Å². The number of aliphatic hydroxyl groups excluding tert-OH is 2. The zero-order valence-corrected chi connectivity index (χ0v) is 15.0. The van der Waals surface area contributed by atoms with Crippen molar-refractivity contribution in [2.75, 3.05) is 0 Å². The van der Waals surface area contributed by atoms with Crippen molar-refractivity contribution >= 4 is 5.78 Å². The number of hydrogen-bond acceptors (Lipinski definition) is 4. The largest absolute Gasteiger partial charge is 0.393 e. The third-order valence-corrected chi connectivity index (χ3v) is 7.98. The molecule has 0 aliphatic heterocycles. The minimum absolute atomic E-state index is 0.0379. The molecule has 0 spiro atoms. The summed E-state index contributed by atoms with van der Waals surface area (Å²) in [6.07, 6.45) is 8.97. The van der Waals surface area contributed by atoms with Gasteiger partial charge < -0.3 is 15.3 Å². The molecule has 4 heteroatoms. The molecule has 0 aromatic heterocycles. The van der Waals surface area contributed by atoms with Gasteiger partial charge in [0.25, 0.3) is 0 Å². The highest BCUT2D eigenvalue weighted by atomic mass is 16.3. The number of hydrogen-bond donors (Lipinski definition) is 3.